The van der Waals surface area contributed by atoms with Gasteiger partial charge in [-0.2, -0.15) is 0 Å². The molecule has 0 radical (unpaired) electrons. The van der Waals surface area contributed by atoms with E-state index < -0.39 is 40.2 Å². The first-order valence-electron chi connectivity index (χ1n) is 12.9. The van der Waals surface area contributed by atoms with E-state index in [2.05, 4.69) is 5.32 Å². The number of rotatable bonds is 12. The Balaban J connectivity index is 2.11. The molecule has 0 aliphatic heterocycles. The number of halogens is 1. The van der Waals surface area contributed by atoms with E-state index >= 15 is 0 Å². The summed E-state index contributed by atoms with van der Waals surface area (Å²) in [5.74, 6) is -1.37. The van der Waals surface area contributed by atoms with E-state index in [1.807, 2.05) is 30.3 Å². The van der Waals surface area contributed by atoms with Crippen LogP contribution >= 0.6 is 0 Å². The molecule has 0 saturated carbocycles. The monoisotopic (exact) mass is 569 g/mol. The minimum atomic E-state index is -3.97. The molecular formula is C30H36FN3O5S. The van der Waals surface area contributed by atoms with Crippen molar-refractivity contribution in [2.24, 2.45) is 0 Å². The molecule has 0 aliphatic rings. The Morgan fingerprint density at radius 2 is 1.65 bits per heavy atom. The Bertz CT molecular complexity index is 1430. The number of hydrogen-bond acceptors (Lipinski definition) is 5. The number of anilines is 1. The van der Waals surface area contributed by atoms with Crippen molar-refractivity contribution in [1.82, 2.24) is 10.2 Å². The van der Waals surface area contributed by atoms with Gasteiger partial charge in [0.1, 0.15) is 24.2 Å². The van der Waals surface area contributed by atoms with Gasteiger partial charge in [0.05, 0.1) is 19.1 Å². The number of methoxy groups -OCH3 is 1. The molecule has 10 heteroatoms. The number of carbonyl (C=O) groups excluding carboxylic acids is 2. The van der Waals surface area contributed by atoms with Crippen LogP contribution in [0.25, 0.3) is 0 Å². The summed E-state index contributed by atoms with van der Waals surface area (Å²) >= 11 is 0. The summed E-state index contributed by atoms with van der Waals surface area (Å²) in [5.41, 5.74) is 1.94. The third kappa shape index (κ3) is 8.05. The minimum absolute atomic E-state index is 0.145. The molecule has 0 saturated heterocycles. The Morgan fingerprint density at radius 1 is 1.00 bits per heavy atom. The predicted molar refractivity (Wildman–Crippen MR) is 154 cm³/mol. The van der Waals surface area contributed by atoms with Crippen molar-refractivity contribution in [2.45, 2.75) is 45.8 Å². The van der Waals surface area contributed by atoms with Crippen LogP contribution < -0.4 is 14.4 Å². The van der Waals surface area contributed by atoms with Crippen LogP contribution in [0, 0.1) is 12.7 Å². The van der Waals surface area contributed by atoms with Crippen LogP contribution in [0.15, 0.2) is 72.8 Å². The number of nitrogens with zero attached hydrogens (tertiary/aromatic N) is 2. The van der Waals surface area contributed by atoms with Gasteiger partial charge in [-0.05, 0) is 50.1 Å². The zero-order chi connectivity index (χ0) is 29.4. The van der Waals surface area contributed by atoms with Gasteiger partial charge in [-0.15, -0.1) is 0 Å². The molecule has 0 aromatic heterocycles. The van der Waals surface area contributed by atoms with Crippen LogP contribution in [0.3, 0.4) is 0 Å². The van der Waals surface area contributed by atoms with Crippen LogP contribution in [0.4, 0.5) is 10.1 Å². The molecule has 0 heterocycles. The van der Waals surface area contributed by atoms with Gasteiger partial charge in [0, 0.05) is 24.6 Å². The minimum Gasteiger partial charge on any atom is -0.495 e. The number of nitrogens with one attached hydrogen (secondary N) is 1. The van der Waals surface area contributed by atoms with Crippen molar-refractivity contribution in [3.63, 3.8) is 0 Å². The lowest BCUT2D eigenvalue weighted by molar-refractivity contribution is -0.140. The molecular weight excluding hydrogens is 533 g/mol. The molecule has 214 valence electrons. The average molecular weight is 570 g/mol. The van der Waals surface area contributed by atoms with Gasteiger partial charge >= 0.3 is 0 Å². The smallest absolute Gasteiger partial charge is 0.244 e. The van der Waals surface area contributed by atoms with Crippen LogP contribution in [0.2, 0.25) is 0 Å². The summed E-state index contributed by atoms with van der Waals surface area (Å²) in [5, 5.41) is 2.86. The standard InChI is InChI=1S/C30H36FN3O5S/c1-21(2)32-30(36)27(18-23-11-7-6-8-12-23)33(19-24-13-9-10-14-25(24)31)29(35)20-34(40(5,37)38)26-17-22(3)15-16-28(26)39-4/h6-17,21,27H,18-20H2,1-5H3,(H,32,36). The number of benzene rings is 3. The summed E-state index contributed by atoms with van der Waals surface area (Å²) in [6.45, 7) is 4.54. The molecule has 0 fully saturated rings. The number of carbonyl (C=O) groups is 2. The zero-order valence-corrected chi connectivity index (χ0v) is 24.2. The lowest BCUT2D eigenvalue weighted by Crippen LogP contribution is -2.54. The largest absolute Gasteiger partial charge is 0.495 e. The summed E-state index contributed by atoms with van der Waals surface area (Å²) in [7, 11) is -2.56. The number of amides is 2. The molecule has 1 N–H and O–H groups in total. The Morgan fingerprint density at radius 3 is 2.25 bits per heavy atom. The molecule has 3 aromatic carbocycles. The van der Waals surface area contributed by atoms with Gasteiger partial charge in [0.25, 0.3) is 0 Å². The number of ether oxygens (including phenoxy) is 1. The Hall–Kier alpha value is -3.92. The van der Waals surface area contributed by atoms with Crippen molar-refractivity contribution in [3.05, 3.63) is 95.3 Å². The molecule has 2 amide bonds. The van der Waals surface area contributed by atoms with E-state index in [0.29, 0.717) is 0 Å². The average Bonchev–Trinajstić information content (AvgIpc) is 2.89. The lowest BCUT2D eigenvalue weighted by atomic mass is 10.0. The molecule has 40 heavy (non-hydrogen) atoms. The van der Waals surface area contributed by atoms with Crippen molar-refractivity contribution in [3.8, 4) is 5.75 Å². The molecule has 0 aliphatic carbocycles. The number of sulfonamides is 1. The van der Waals surface area contributed by atoms with Crippen LogP contribution in [0.5, 0.6) is 5.75 Å². The molecule has 3 rings (SSSR count). The highest BCUT2D eigenvalue weighted by Gasteiger charge is 2.34. The molecule has 1 atom stereocenters. The molecule has 0 spiro atoms. The summed E-state index contributed by atoms with van der Waals surface area (Å²) in [4.78, 5) is 28.9. The van der Waals surface area contributed by atoms with Crippen LogP contribution in [0.1, 0.15) is 30.5 Å². The van der Waals surface area contributed by atoms with E-state index in [4.69, 9.17) is 4.74 Å². The number of hydrogen-bond donors (Lipinski definition) is 1. The summed E-state index contributed by atoms with van der Waals surface area (Å²) in [6.07, 6.45) is 1.14. The number of aryl methyl sites for hydroxylation is 1. The summed E-state index contributed by atoms with van der Waals surface area (Å²) < 4.78 is 47.1. The zero-order valence-electron chi connectivity index (χ0n) is 23.4. The van der Waals surface area contributed by atoms with Gasteiger partial charge in [-0.25, -0.2) is 12.8 Å². The SMILES string of the molecule is COc1ccc(C)cc1N(CC(=O)N(Cc1ccccc1F)C(Cc1ccccc1)C(=O)NC(C)C)S(C)(=O)=O. The van der Waals surface area contributed by atoms with Gasteiger partial charge in [-0.3, -0.25) is 13.9 Å². The maximum absolute atomic E-state index is 14.8. The fourth-order valence-electron chi connectivity index (χ4n) is 4.33. The molecule has 0 bridgehead atoms. The normalized spacial score (nSPS) is 12.1. The molecule has 1 unspecified atom stereocenters. The van der Waals surface area contributed by atoms with E-state index in [0.717, 1.165) is 21.7 Å². The van der Waals surface area contributed by atoms with Crippen molar-refractivity contribution < 1.29 is 27.1 Å². The third-order valence-electron chi connectivity index (χ3n) is 6.28. The highest BCUT2D eigenvalue weighted by atomic mass is 32.2. The second kappa shape index (κ2) is 13.4. The highest BCUT2D eigenvalue weighted by molar-refractivity contribution is 7.92. The van der Waals surface area contributed by atoms with Gasteiger partial charge in [0.15, 0.2) is 0 Å². The van der Waals surface area contributed by atoms with E-state index in [-0.39, 0.29) is 36.0 Å². The van der Waals surface area contributed by atoms with Crippen LogP contribution in [-0.2, 0) is 32.6 Å². The summed E-state index contributed by atoms with van der Waals surface area (Å²) in [6, 6.07) is 18.9. The fraction of sp³-hybridized carbons (Fsp3) is 0.333. The third-order valence-corrected chi connectivity index (χ3v) is 7.41. The Kier molecular flexibility index (Phi) is 10.3. The van der Waals surface area contributed by atoms with Crippen molar-refractivity contribution in [2.75, 3.05) is 24.2 Å². The van der Waals surface area contributed by atoms with E-state index in [1.165, 1.54) is 30.2 Å². The highest BCUT2D eigenvalue weighted by Crippen LogP contribution is 2.31. The van der Waals surface area contributed by atoms with Crippen molar-refractivity contribution in [1.29, 1.82) is 0 Å². The maximum atomic E-state index is 14.8. The van der Waals surface area contributed by atoms with Gasteiger partial charge in [-0.1, -0.05) is 54.6 Å². The van der Waals surface area contributed by atoms with E-state index in [1.54, 1.807) is 45.0 Å². The second-order valence-electron chi connectivity index (χ2n) is 9.93. The molecule has 3 aromatic rings. The van der Waals surface area contributed by atoms with E-state index in [9.17, 15) is 22.4 Å². The van der Waals surface area contributed by atoms with Crippen LogP contribution in [-0.4, -0.2) is 57.1 Å². The quantitative estimate of drug-likeness (QED) is 0.355. The fourth-order valence-corrected chi connectivity index (χ4v) is 5.18. The second-order valence-corrected chi connectivity index (χ2v) is 11.8. The Labute approximate surface area is 235 Å². The predicted octanol–water partition coefficient (Wildman–Crippen LogP) is 4.07. The first-order chi connectivity index (χ1) is 18.9. The van der Waals surface area contributed by atoms with Gasteiger partial charge in [0.2, 0.25) is 21.8 Å². The topological polar surface area (TPSA) is 96.0 Å². The maximum Gasteiger partial charge on any atom is 0.244 e. The van der Waals surface area contributed by atoms with Crippen molar-refractivity contribution >= 4 is 27.5 Å². The first kappa shape index (κ1) is 30.6. The lowest BCUT2D eigenvalue weighted by Gasteiger charge is -2.34. The molecule has 8 nitrogen and oxygen atoms in total. The van der Waals surface area contributed by atoms with Gasteiger partial charge < -0.3 is 15.0 Å². The first-order valence-corrected chi connectivity index (χ1v) is 14.7.